The molecular weight excluding hydrogens is 342 g/mol. The Kier molecular flexibility index (Phi) is 7.41. The van der Waals surface area contributed by atoms with Gasteiger partial charge in [0.05, 0.1) is 17.7 Å². The highest BCUT2D eigenvalue weighted by molar-refractivity contribution is 6.15. The normalized spacial score (nSPS) is 10.5. The van der Waals surface area contributed by atoms with Crippen molar-refractivity contribution in [3.8, 4) is 5.75 Å². The van der Waals surface area contributed by atoms with E-state index in [1.165, 1.54) is 6.07 Å². The van der Waals surface area contributed by atoms with E-state index < -0.39 is 11.8 Å². The monoisotopic (exact) mass is 369 g/mol. The molecule has 0 radical (unpaired) electrons. The summed E-state index contributed by atoms with van der Waals surface area (Å²) in [6.45, 7) is 2.46. The number of nitrogens with zero attached hydrogens (tertiary/aromatic N) is 1. The molecule has 0 saturated heterocycles. The lowest BCUT2D eigenvalue weighted by Gasteiger charge is -2.14. The number of carbonyl (C=O) groups excluding carboxylic acids is 2. The number of phenols is 1. The van der Waals surface area contributed by atoms with Crippen molar-refractivity contribution in [2.24, 2.45) is 0 Å². The van der Waals surface area contributed by atoms with Crippen LogP contribution in [-0.4, -0.2) is 37.6 Å². The number of aromatic hydroxyl groups is 1. The summed E-state index contributed by atoms with van der Waals surface area (Å²) in [4.78, 5) is 27.2. The predicted molar refractivity (Wildman–Crippen MR) is 107 cm³/mol. The van der Waals surface area contributed by atoms with Gasteiger partial charge in [0.25, 0.3) is 0 Å². The highest BCUT2D eigenvalue weighted by atomic mass is 16.5. The number of anilines is 1. The number of ether oxygens (including phenoxy) is 1. The van der Waals surface area contributed by atoms with E-state index in [4.69, 9.17) is 4.74 Å². The summed E-state index contributed by atoms with van der Waals surface area (Å²) >= 11 is 0. The van der Waals surface area contributed by atoms with Gasteiger partial charge < -0.3 is 14.7 Å². The van der Waals surface area contributed by atoms with Crippen molar-refractivity contribution in [2.75, 3.05) is 25.6 Å². The molecule has 27 heavy (non-hydrogen) atoms. The average molecular weight is 369 g/mol. The van der Waals surface area contributed by atoms with Crippen LogP contribution >= 0.6 is 0 Å². The highest BCUT2D eigenvalue weighted by Gasteiger charge is 2.21. The lowest BCUT2D eigenvalue weighted by molar-refractivity contribution is 0.0495. The minimum Gasteiger partial charge on any atom is -0.507 e. The molecule has 0 unspecified atom stereocenters. The largest absolute Gasteiger partial charge is 0.507 e. The molecule has 144 valence electrons. The molecule has 5 heteroatoms. The molecule has 0 fully saturated rings. The van der Waals surface area contributed by atoms with Gasteiger partial charge in [0.2, 0.25) is 0 Å². The number of ketones is 1. The molecule has 0 aliphatic carbocycles. The van der Waals surface area contributed by atoms with Crippen molar-refractivity contribution in [3.05, 3.63) is 59.2 Å². The third-order valence-corrected chi connectivity index (χ3v) is 4.36. The number of rotatable bonds is 9. The van der Waals surface area contributed by atoms with Crippen molar-refractivity contribution in [1.82, 2.24) is 0 Å². The molecule has 0 bridgehead atoms. The molecule has 0 spiro atoms. The Morgan fingerprint density at radius 3 is 2.30 bits per heavy atom. The third-order valence-electron chi connectivity index (χ3n) is 4.36. The summed E-state index contributed by atoms with van der Waals surface area (Å²) in [6.07, 6.45) is 4.04. The van der Waals surface area contributed by atoms with Crippen molar-refractivity contribution >= 4 is 17.4 Å². The van der Waals surface area contributed by atoms with E-state index in [-0.39, 0.29) is 22.4 Å². The second kappa shape index (κ2) is 9.76. The van der Waals surface area contributed by atoms with Crippen LogP contribution in [0.15, 0.2) is 42.5 Å². The second-order valence-corrected chi connectivity index (χ2v) is 6.67. The van der Waals surface area contributed by atoms with E-state index in [9.17, 15) is 14.7 Å². The van der Waals surface area contributed by atoms with Crippen LogP contribution in [0.4, 0.5) is 5.69 Å². The quantitative estimate of drug-likeness (QED) is 0.402. The molecular formula is C22H27NO4. The van der Waals surface area contributed by atoms with Crippen molar-refractivity contribution in [1.29, 1.82) is 0 Å². The standard InChI is InChI=1S/C22H27NO4/c1-4-5-6-9-14-27-22(26)18-11-8-7-10-17(18)21(25)19-13-12-16(23(2)3)15-20(19)24/h7-8,10-13,15,24H,4-6,9,14H2,1-3H3. The molecule has 0 saturated carbocycles. The maximum atomic E-state index is 12.9. The smallest absolute Gasteiger partial charge is 0.338 e. The highest BCUT2D eigenvalue weighted by Crippen LogP contribution is 2.27. The van der Waals surface area contributed by atoms with Crippen molar-refractivity contribution in [3.63, 3.8) is 0 Å². The Morgan fingerprint density at radius 1 is 0.963 bits per heavy atom. The van der Waals surface area contributed by atoms with Crippen LogP contribution in [0.5, 0.6) is 5.75 Å². The molecule has 0 heterocycles. The van der Waals surface area contributed by atoms with E-state index >= 15 is 0 Å². The first-order chi connectivity index (χ1) is 13.0. The summed E-state index contributed by atoms with van der Waals surface area (Å²) in [5.74, 6) is -1.04. The van der Waals surface area contributed by atoms with Crippen LogP contribution in [0.25, 0.3) is 0 Å². The first-order valence-corrected chi connectivity index (χ1v) is 9.27. The van der Waals surface area contributed by atoms with Gasteiger partial charge in [0, 0.05) is 31.4 Å². The van der Waals surface area contributed by atoms with Gasteiger partial charge in [-0.25, -0.2) is 4.79 Å². The van der Waals surface area contributed by atoms with Crippen LogP contribution in [0.3, 0.4) is 0 Å². The van der Waals surface area contributed by atoms with Gasteiger partial charge in [-0.05, 0) is 24.6 Å². The molecule has 0 aliphatic rings. The van der Waals surface area contributed by atoms with E-state index in [1.54, 1.807) is 36.4 Å². The fraction of sp³-hybridized carbons (Fsp3) is 0.364. The molecule has 0 amide bonds. The summed E-state index contributed by atoms with van der Waals surface area (Å²) in [5, 5.41) is 10.3. The fourth-order valence-corrected chi connectivity index (χ4v) is 2.77. The molecule has 5 nitrogen and oxygen atoms in total. The number of carbonyl (C=O) groups is 2. The molecule has 0 aliphatic heterocycles. The van der Waals surface area contributed by atoms with E-state index in [2.05, 4.69) is 6.92 Å². The second-order valence-electron chi connectivity index (χ2n) is 6.67. The molecule has 2 aromatic rings. The summed E-state index contributed by atoms with van der Waals surface area (Å²) in [5.41, 5.74) is 1.38. The SMILES string of the molecule is CCCCCCOC(=O)c1ccccc1C(=O)c1ccc(N(C)C)cc1O. The molecule has 2 aromatic carbocycles. The fourth-order valence-electron chi connectivity index (χ4n) is 2.77. The van der Waals surface area contributed by atoms with Crippen LogP contribution in [0.1, 0.15) is 58.9 Å². The third kappa shape index (κ3) is 5.33. The zero-order chi connectivity index (χ0) is 19.8. The van der Waals surface area contributed by atoms with Crippen molar-refractivity contribution < 1.29 is 19.4 Å². The Balaban J connectivity index is 2.19. The van der Waals surface area contributed by atoms with Gasteiger partial charge in [-0.3, -0.25) is 4.79 Å². The Morgan fingerprint density at radius 2 is 1.67 bits per heavy atom. The summed E-state index contributed by atoms with van der Waals surface area (Å²) in [6, 6.07) is 11.4. The van der Waals surface area contributed by atoms with Crippen molar-refractivity contribution in [2.45, 2.75) is 32.6 Å². The molecule has 0 atom stereocenters. The number of hydrogen-bond acceptors (Lipinski definition) is 5. The Bertz CT molecular complexity index is 799. The summed E-state index contributed by atoms with van der Waals surface area (Å²) < 4.78 is 5.32. The molecule has 1 N–H and O–H groups in total. The summed E-state index contributed by atoms with van der Waals surface area (Å²) in [7, 11) is 3.70. The number of esters is 1. The Labute approximate surface area is 160 Å². The minimum absolute atomic E-state index is 0.117. The number of unbranched alkanes of at least 4 members (excludes halogenated alkanes) is 3. The van der Waals surface area contributed by atoms with Crippen LogP contribution in [0.2, 0.25) is 0 Å². The van der Waals surface area contributed by atoms with Gasteiger partial charge >= 0.3 is 5.97 Å². The van der Waals surface area contributed by atoms with Crippen LogP contribution < -0.4 is 4.90 Å². The van der Waals surface area contributed by atoms with Crippen LogP contribution in [0, 0.1) is 0 Å². The lowest BCUT2D eigenvalue weighted by atomic mass is 9.97. The molecule has 2 rings (SSSR count). The average Bonchev–Trinajstić information content (AvgIpc) is 2.67. The maximum Gasteiger partial charge on any atom is 0.338 e. The van der Waals surface area contributed by atoms with E-state index in [1.807, 2.05) is 19.0 Å². The van der Waals surface area contributed by atoms with Gasteiger partial charge in [0.15, 0.2) is 5.78 Å². The number of benzene rings is 2. The van der Waals surface area contributed by atoms with Gasteiger partial charge in [-0.15, -0.1) is 0 Å². The predicted octanol–water partition coefficient (Wildman–Crippen LogP) is 4.43. The first-order valence-electron chi connectivity index (χ1n) is 9.27. The van der Waals surface area contributed by atoms with Gasteiger partial charge in [-0.2, -0.15) is 0 Å². The zero-order valence-electron chi connectivity index (χ0n) is 16.2. The zero-order valence-corrected chi connectivity index (χ0v) is 16.2. The van der Waals surface area contributed by atoms with E-state index in [0.717, 1.165) is 31.4 Å². The number of hydrogen-bond donors (Lipinski definition) is 1. The maximum absolute atomic E-state index is 12.9. The Hall–Kier alpha value is -2.82. The topological polar surface area (TPSA) is 66.8 Å². The first kappa shape index (κ1) is 20.5. The van der Waals surface area contributed by atoms with Crippen LogP contribution in [-0.2, 0) is 4.74 Å². The number of phenolic OH excluding ortho intramolecular Hbond substituents is 1. The van der Waals surface area contributed by atoms with Gasteiger partial charge in [-0.1, -0.05) is 44.4 Å². The van der Waals surface area contributed by atoms with Gasteiger partial charge in [0.1, 0.15) is 5.75 Å². The minimum atomic E-state index is -0.514. The van der Waals surface area contributed by atoms with E-state index in [0.29, 0.717) is 6.61 Å². The lowest BCUT2D eigenvalue weighted by Crippen LogP contribution is -2.14. The molecule has 0 aromatic heterocycles.